The van der Waals surface area contributed by atoms with Crippen LogP contribution in [0.15, 0.2) is 24.3 Å². The largest absolute Gasteiger partial charge is 0.479 e. The van der Waals surface area contributed by atoms with Gasteiger partial charge in [-0.3, -0.25) is 0 Å². The van der Waals surface area contributed by atoms with Crippen molar-refractivity contribution >= 4 is 5.97 Å². The van der Waals surface area contributed by atoms with Crippen LogP contribution in [0.4, 0.5) is 4.39 Å². The van der Waals surface area contributed by atoms with Crippen molar-refractivity contribution in [3.8, 4) is 0 Å². The van der Waals surface area contributed by atoms with Crippen LogP contribution in [0.3, 0.4) is 0 Å². The van der Waals surface area contributed by atoms with Gasteiger partial charge in [0.25, 0.3) is 0 Å². The van der Waals surface area contributed by atoms with Gasteiger partial charge in [0.15, 0.2) is 6.10 Å². The summed E-state index contributed by atoms with van der Waals surface area (Å²) in [6, 6.07) is 5.16. The number of halogens is 1. The van der Waals surface area contributed by atoms with Crippen LogP contribution in [-0.2, 0) is 10.4 Å². The Morgan fingerprint density at radius 3 is 2.47 bits per heavy atom. The Labute approximate surface area is 85.6 Å². The number of carboxylic acids is 1. The van der Waals surface area contributed by atoms with Crippen LogP contribution in [0, 0.1) is 5.82 Å². The molecule has 0 saturated carbocycles. The number of rotatable bonds is 3. The maximum absolute atomic E-state index is 13.2. The lowest BCUT2D eigenvalue weighted by Gasteiger charge is -2.26. The van der Waals surface area contributed by atoms with Gasteiger partial charge in [0.1, 0.15) is 11.4 Å². The Bertz CT molecular complexity index is 375. The minimum absolute atomic E-state index is 0.250. The average Bonchev–Trinajstić information content (AvgIpc) is 2.16. The van der Waals surface area contributed by atoms with Gasteiger partial charge in [-0.2, -0.15) is 0 Å². The fraction of sp³-hybridized carbons (Fsp3) is 0.300. The van der Waals surface area contributed by atoms with Crippen LogP contribution in [0.5, 0.6) is 0 Å². The molecule has 0 saturated heterocycles. The summed E-state index contributed by atoms with van der Waals surface area (Å²) in [4.78, 5) is 10.5. The minimum atomic E-state index is -2.16. The quantitative estimate of drug-likeness (QED) is 0.683. The average molecular weight is 214 g/mol. The standard InChI is InChI=1S/C10H11FO4/c1-10(15,8(12)9(13)14)6-4-2-3-5-7(6)11/h2-5,8,12,15H,1H3,(H,13,14)/t8-,10-/m1/s1. The predicted molar refractivity (Wildman–Crippen MR) is 49.6 cm³/mol. The predicted octanol–water partition coefficient (Wildman–Crippen LogP) is 0.479. The van der Waals surface area contributed by atoms with E-state index in [2.05, 4.69) is 0 Å². The van der Waals surface area contributed by atoms with Gasteiger partial charge < -0.3 is 15.3 Å². The van der Waals surface area contributed by atoms with E-state index in [1.54, 1.807) is 0 Å². The lowest BCUT2D eigenvalue weighted by molar-refractivity contribution is -0.162. The Balaban J connectivity index is 3.16. The second kappa shape index (κ2) is 3.96. The molecule has 0 heterocycles. The van der Waals surface area contributed by atoms with Crippen LogP contribution >= 0.6 is 0 Å². The fourth-order valence-corrected chi connectivity index (χ4v) is 1.26. The van der Waals surface area contributed by atoms with Gasteiger partial charge >= 0.3 is 5.97 Å². The molecule has 0 aliphatic carbocycles. The van der Waals surface area contributed by atoms with Crippen LogP contribution < -0.4 is 0 Å². The summed E-state index contributed by atoms with van der Waals surface area (Å²) in [6.07, 6.45) is -2.07. The van der Waals surface area contributed by atoms with Gasteiger partial charge in [-0.05, 0) is 13.0 Å². The first-order valence-electron chi connectivity index (χ1n) is 4.25. The summed E-state index contributed by atoms with van der Waals surface area (Å²) in [5.74, 6) is -2.37. The summed E-state index contributed by atoms with van der Waals surface area (Å²) in [7, 11) is 0. The fourth-order valence-electron chi connectivity index (χ4n) is 1.26. The van der Waals surface area contributed by atoms with Crippen LogP contribution in [-0.4, -0.2) is 27.4 Å². The first-order valence-corrected chi connectivity index (χ1v) is 4.25. The van der Waals surface area contributed by atoms with Crippen molar-refractivity contribution in [1.82, 2.24) is 0 Å². The van der Waals surface area contributed by atoms with E-state index in [9.17, 15) is 19.4 Å². The molecule has 1 aromatic carbocycles. The molecule has 1 aromatic rings. The summed E-state index contributed by atoms with van der Waals surface area (Å²) in [6.45, 7) is 1.05. The van der Waals surface area contributed by atoms with E-state index < -0.39 is 23.5 Å². The van der Waals surface area contributed by atoms with Gasteiger partial charge in [0, 0.05) is 5.56 Å². The maximum atomic E-state index is 13.2. The summed E-state index contributed by atoms with van der Waals surface area (Å²) < 4.78 is 13.2. The molecule has 5 heteroatoms. The number of aliphatic hydroxyl groups excluding tert-OH is 1. The van der Waals surface area contributed by atoms with Crippen molar-refractivity contribution in [3.05, 3.63) is 35.6 Å². The van der Waals surface area contributed by atoms with Crippen molar-refractivity contribution in [2.45, 2.75) is 18.6 Å². The molecule has 1 rings (SSSR count). The smallest absolute Gasteiger partial charge is 0.335 e. The molecular formula is C10H11FO4. The third-order valence-corrected chi connectivity index (χ3v) is 2.19. The number of hydrogen-bond acceptors (Lipinski definition) is 3. The molecule has 0 aromatic heterocycles. The van der Waals surface area contributed by atoms with Gasteiger partial charge in [-0.25, -0.2) is 9.18 Å². The lowest BCUT2D eigenvalue weighted by atomic mass is 9.90. The second-order valence-corrected chi connectivity index (χ2v) is 3.37. The second-order valence-electron chi connectivity index (χ2n) is 3.37. The molecule has 0 bridgehead atoms. The molecule has 3 N–H and O–H groups in total. The van der Waals surface area contributed by atoms with E-state index >= 15 is 0 Å². The van der Waals surface area contributed by atoms with E-state index in [4.69, 9.17) is 5.11 Å². The highest BCUT2D eigenvalue weighted by Crippen LogP contribution is 2.26. The van der Waals surface area contributed by atoms with Crippen molar-refractivity contribution < 1.29 is 24.5 Å². The van der Waals surface area contributed by atoms with E-state index in [-0.39, 0.29) is 5.56 Å². The number of carboxylic acid groups (broad SMARTS) is 1. The maximum Gasteiger partial charge on any atom is 0.335 e. The lowest BCUT2D eigenvalue weighted by Crippen LogP contribution is -2.42. The minimum Gasteiger partial charge on any atom is -0.479 e. The van der Waals surface area contributed by atoms with E-state index in [0.29, 0.717) is 0 Å². The molecule has 82 valence electrons. The third-order valence-electron chi connectivity index (χ3n) is 2.19. The summed E-state index contributed by atoms with van der Waals surface area (Å²) in [5, 5.41) is 27.5. The van der Waals surface area contributed by atoms with Gasteiger partial charge in [-0.15, -0.1) is 0 Å². The topological polar surface area (TPSA) is 77.8 Å². The number of aliphatic hydroxyl groups is 2. The summed E-state index contributed by atoms with van der Waals surface area (Å²) >= 11 is 0. The first kappa shape index (κ1) is 11.6. The van der Waals surface area contributed by atoms with Gasteiger partial charge in [0.2, 0.25) is 0 Å². The Hall–Kier alpha value is -1.46. The number of hydrogen-bond donors (Lipinski definition) is 3. The highest BCUT2D eigenvalue weighted by molar-refractivity contribution is 5.74. The highest BCUT2D eigenvalue weighted by Gasteiger charge is 2.39. The number of carbonyl (C=O) groups is 1. The van der Waals surface area contributed by atoms with Crippen molar-refractivity contribution in [2.75, 3.05) is 0 Å². The SMILES string of the molecule is C[C@@](O)(c1ccccc1F)[C@H](O)C(=O)O. The molecule has 0 aliphatic rings. The van der Waals surface area contributed by atoms with Crippen molar-refractivity contribution in [2.24, 2.45) is 0 Å². The van der Waals surface area contributed by atoms with Crippen LogP contribution in [0.1, 0.15) is 12.5 Å². The molecular weight excluding hydrogens is 203 g/mol. The highest BCUT2D eigenvalue weighted by atomic mass is 19.1. The van der Waals surface area contributed by atoms with Crippen molar-refractivity contribution in [3.63, 3.8) is 0 Å². The zero-order chi connectivity index (χ0) is 11.6. The molecule has 4 nitrogen and oxygen atoms in total. The summed E-state index contributed by atoms with van der Waals surface area (Å²) in [5.41, 5.74) is -2.41. The Morgan fingerprint density at radius 2 is 2.00 bits per heavy atom. The van der Waals surface area contributed by atoms with E-state index in [0.717, 1.165) is 13.0 Å². The number of aliphatic carboxylic acids is 1. The molecule has 0 fully saturated rings. The molecule has 2 atom stereocenters. The first-order chi connectivity index (χ1) is 6.87. The zero-order valence-electron chi connectivity index (χ0n) is 8.01. The molecule has 0 amide bonds. The molecule has 0 unspecified atom stereocenters. The molecule has 0 spiro atoms. The molecule has 0 radical (unpaired) electrons. The third kappa shape index (κ3) is 2.14. The van der Waals surface area contributed by atoms with E-state index in [1.807, 2.05) is 0 Å². The Morgan fingerprint density at radius 1 is 1.47 bits per heavy atom. The van der Waals surface area contributed by atoms with Crippen LogP contribution in [0.25, 0.3) is 0 Å². The molecule has 15 heavy (non-hydrogen) atoms. The van der Waals surface area contributed by atoms with Crippen molar-refractivity contribution in [1.29, 1.82) is 0 Å². The normalized spacial score (nSPS) is 16.8. The Kier molecular flexibility index (Phi) is 3.06. The zero-order valence-corrected chi connectivity index (χ0v) is 8.01. The van der Waals surface area contributed by atoms with Gasteiger partial charge in [-0.1, -0.05) is 18.2 Å². The monoisotopic (exact) mass is 214 g/mol. The van der Waals surface area contributed by atoms with Crippen LogP contribution in [0.2, 0.25) is 0 Å². The number of benzene rings is 1. The van der Waals surface area contributed by atoms with E-state index in [1.165, 1.54) is 18.2 Å². The molecule has 0 aliphatic heterocycles. The van der Waals surface area contributed by atoms with Gasteiger partial charge in [0.05, 0.1) is 0 Å².